The van der Waals surface area contributed by atoms with E-state index in [4.69, 9.17) is 5.73 Å². The van der Waals surface area contributed by atoms with Gasteiger partial charge < -0.3 is 10.6 Å². The van der Waals surface area contributed by atoms with Crippen molar-refractivity contribution in [3.05, 3.63) is 65.2 Å². The second-order valence-electron chi connectivity index (χ2n) is 4.81. The summed E-state index contributed by atoms with van der Waals surface area (Å²) in [5.41, 5.74) is 7.64. The van der Waals surface area contributed by atoms with E-state index in [1.54, 1.807) is 24.1 Å². The Morgan fingerprint density at radius 1 is 1.05 bits per heavy atom. The molecular formula is C16H18F2N2. The van der Waals surface area contributed by atoms with Gasteiger partial charge in [-0.15, -0.1) is 0 Å². The highest BCUT2D eigenvalue weighted by Crippen LogP contribution is 2.21. The van der Waals surface area contributed by atoms with E-state index in [0.29, 0.717) is 25.2 Å². The fraction of sp³-hybridized carbons (Fsp3) is 0.250. The van der Waals surface area contributed by atoms with Gasteiger partial charge in [0.1, 0.15) is 11.6 Å². The zero-order valence-electron chi connectivity index (χ0n) is 11.4. The fourth-order valence-corrected chi connectivity index (χ4v) is 2.18. The zero-order valence-corrected chi connectivity index (χ0v) is 11.4. The van der Waals surface area contributed by atoms with E-state index in [9.17, 15) is 8.78 Å². The van der Waals surface area contributed by atoms with Crippen LogP contribution in [0.5, 0.6) is 0 Å². The molecule has 20 heavy (non-hydrogen) atoms. The van der Waals surface area contributed by atoms with E-state index in [2.05, 4.69) is 0 Å². The third-order valence-electron chi connectivity index (χ3n) is 3.17. The van der Waals surface area contributed by atoms with Crippen molar-refractivity contribution in [3.63, 3.8) is 0 Å². The van der Waals surface area contributed by atoms with E-state index in [1.807, 2.05) is 12.1 Å². The molecule has 0 atom stereocenters. The van der Waals surface area contributed by atoms with Gasteiger partial charge in [0.2, 0.25) is 0 Å². The van der Waals surface area contributed by atoms with Crippen molar-refractivity contribution < 1.29 is 8.78 Å². The third-order valence-corrected chi connectivity index (χ3v) is 3.17. The monoisotopic (exact) mass is 276 g/mol. The van der Waals surface area contributed by atoms with E-state index < -0.39 is 0 Å². The number of anilines is 1. The summed E-state index contributed by atoms with van der Waals surface area (Å²) in [6.07, 6.45) is 0.658. The number of halogens is 2. The van der Waals surface area contributed by atoms with Gasteiger partial charge in [0.15, 0.2) is 0 Å². The first-order valence-electron chi connectivity index (χ1n) is 6.54. The SMILES string of the molecule is CN(Cc1cccc(F)c1)c1ccc(CCN)cc1F. The largest absolute Gasteiger partial charge is 0.368 e. The van der Waals surface area contributed by atoms with Crippen LogP contribution in [0.2, 0.25) is 0 Å². The average molecular weight is 276 g/mol. The van der Waals surface area contributed by atoms with Crippen LogP contribution in [0.25, 0.3) is 0 Å². The molecule has 2 rings (SSSR count). The average Bonchev–Trinajstić information content (AvgIpc) is 2.39. The highest BCUT2D eigenvalue weighted by molar-refractivity contribution is 5.49. The lowest BCUT2D eigenvalue weighted by Crippen LogP contribution is -2.18. The Kier molecular flexibility index (Phi) is 4.69. The highest BCUT2D eigenvalue weighted by atomic mass is 19.1. The molecule has 0 aromatic heterocycles. The van der Waals surface area contributed by atoms with Gasteiger partial charge in [0, 0.05) is 13.6 Å². The summed E-state index contributed by atoms with van der Waals surface area (Å²) in [6, 6.07) is 11.4. The molecule has 106 valence electrons. The number of nitrogens with zero attached hydrogens (tertiary/aromatic N) is 1. The van der Waals surface area contributed by atoms with Gasteiger partial charge in [-0.25, -0.2) is 8.78 Å². The van der Waals surface area contributed by atoms with Crippen molar-refractivity contribution in [1.29, 1.82) is 0 Å². The lowest BCUT2D eigenvalue weighted by atomic mass is 10.1. The zero-order chi connectivity index (χ0) is 14.5. The van der Waals surface area contributed by atoms with Crippen LogP contribution in [0.1, 0.15) is 11.1 Å². The molecular weight excluding hydrogens is 258 g/mol. The molecule has 0 bridgehead atoms. The minimum atomic E-state index is -0.283. The third kappa shape index (κ3) is 3.54. The summed E-state index contributed by atoms with van der Waals surface area (Å²) in [7, 11) is 1.78. The summed E-state index contributed by atoms with van der Waals surface area (Å²) >= 11 is 0. The predicted molar refractivity (Wildman–Crippen MR) is 77.7 cm³/mol. The Bertz CT molecular complexity index is 584. The number of hydrogen-bond acceptors (Lipinski definition) is 2. The van der Waals surface area contributed by atoms with Gasteiger partial charge >= 0.3 is 0 Å². The van der Waals surface area contributed by atoms with Crippen LogP contribution in [0, 0.1) is 11.6 Å². The predicted octanol–water partition coefficient (Wildman–Crippen LogP) is 3.10. The quantitative estimate of drug-likeness (QED) is 0.909. The standard InChI is InChI=1S/C16H18F2N2/c1-20(11-13-3-2-4-14(17)9-13)16-6-5-12(7-8-19)10-15(16)18/h2-6,9-10H,7-8,11,19H2,1H3. The van der Waals surface area contributed by atoms with Crippen molar-refractivity contribution in [2.45, 2.75) is 13.0 Å². The summed E-state index contributed by atoms with van der Waals surface area (Å²) in [5, 5.41) is 0. The Labute approximate surface area is 117 Å². The van der Waals surface area contributed by atoms with Gasteiger partial charge in [-0.2, -0.15) is 0 Å². The van der Waals surface area contributed by atoms with Gasteiger partial charge in [0.25, 0.3) is 0 Å². The van der Waals surface area contributed by atoms with Crippen molar-refractivity contribution in [2.24, 2.45) is 5.73 Å². The smallest absolute Gasteiger partial charge is 0.146 e. The van der Waals surface area contributed by atoms with Crippen LogP contribution in [0.15, 0.2) is 42.5 Å². The first-order chi connectivity index (χ1) is 9.60. The number of nitrogens with two attached hydrogens (primary N) is 1. The molecule has 4 heteroatoms. The molecule has 2 aromatic carbocycles. The fourth-order valence-electron chi connectivity index (χ4n) is 2.18. The molecule has 0 radical (unpaired) electrons. The lowest BCUT2D eigenvalue weighted by molar-refractivity contribution is 0.617. The van der Waals surface area contributed by atoms with Crippen molar-refractivity contribution in [2.75, 3.05) is 18.5 Å². The maximum atomic E-state index is 14.0. The minimum Gasteiger partial charge on any atom is -0.368 e. The lowest BCUT2D eigenvalue weighted by Gasteiger charge is -2.20. The summed E-state index contributed by atoms with van der Waals surface area (Å²) in [6.45, 7) is 0.947. The molecule has 0 aliphatic heterocycles. The van der Waals surface area contributed by atoms with Crippen molar-refractivity contribution in [1.82, 2.24) is 0 Å². The molecule has 0 aliphatic carbocycles. The molecule has 0 saturated heterocycles. The van der Waals surface area contributed by atoms with Gasteiger partial charge in [-0.05, 0) is 48.4 Å². The molecule has 2 nitrogen and oxygen atoms in total. The van der Waals surface area contributed by atoms with Gasteiger partial charge in [0.05, 0.1) is 5.69 Å². The second-order valence-corrected chi connectivity index (χ2v) is 4.81. The Morgan fingerprint density at radius 2 is 1.85 bits per heavy atom. The second kappa shape index (κ2) is 6.48. The van der Waals surface area contributed by atoms with Crippen molar-refractivity contribution in [3.8, 4) is 0 Å². The van der Waals surface area contributed by atoms with Crippen LogP contribution >= 0.6 is 0 Å². The van der Waals surface area contributed by atoms with Crippen LogP contribution in [-0.4, -0.2) is 13.6 Å². The number of rotatable bonds is 5. The minimum absolute atomic E-state index is 0.283. The summed E-state index contributed by atoms with van der Waals surface area (Å²) in [4.78, 5) is 1.76. The van der Waals surface area contributed by atoms with Gasteiger partial charge in [-0.1, -0.05) is 18.2 Å². The topological polar surface area (TPSA) is 29.3 Å². The van der Waals surface area contributed by atoms with Crippen molar-refractivity contribution >= 4 is 5.69 Å². The molecule has 0 aliphatic rings. The molecule has 2 aromatic rings. The number of hydrogen-bond donors (Lipinski definition) is 1. The summed E-state index contributed by atoms with van der Waals surface area (Å²) in [5.74, 6) is -0.565. The Balaban J connectivity index is 2.14. The van der Waals surface area contributed by atoms with Crippen LogP contribution in [0.3, 0.4) is 0 Å². The van der Waals surface area contributed by atoms with Crippen LogP contribution < -0.4 is 10.6 Å². The maximum Gasteiger partial charge on any atom is 0.146 e. The molecule has 0 spiro atoms. The first kappa shape index (κ1) is 14.5. The Morgan fingerprint density at radius 3 is 2.50 bits per heavy atom. The molecule has 2 N–H and O–H groups in total. The summed E-state index contributed by atoms with van der Waals surface area (Å²) < 4.78 is 27.2. The van der Waals surface area contributed by atoms with Gasteiger partial charge in [-0.3, -0.25) is 0 Å². The Hall–Kier alpha value is -1.94. The van der Waals surface area contributed by atoms with E-state index in [1.165, 1.54) is 18.2 Å². The number of benzene rings is 2. The van der Waals surface area contributed by atoms with E-state index in [0.717, 1.165) is 11.1 Å². The van der Waals surface area contributed by atoms with E-state index >= 15 is 0 Å². The molecule has 0 saturated carbocycles. The normalized spacial score (nSPS) is 10.6. The molecule has 0 amide bonds. The highest BCUT2D eigenvalue weighted by Gasteiger charge is 2.09. The van der Waals surface area contributed by atoms with Crippen LogP contribution in [0.4, 0.5) is 14.5 Å². The first-order valence-corrected chi connectivity index (χ1v) is 6.54. The maximum absolute atomic E-state index is 14.0. The molecule has 0 fully saturated rings. The molecule has 0 heterocycles. The van der Waals surface area contributed by atoms with E-state index in [-0.39, 0.29) is 11.6 Å². The molecule has 0 unspecified atom stereocenters. The van der Waals surface area contributed by atoms with Crippen LogP contribution in [-0.2, 0) is 13.0 Å².